The highest BCUT2D eigenvalue weighted by molar-refractivity contribution is 5.77. The van der Waals surface area contributed by atoms with Crippen LogP contribution in [0.25, 0.3) is 0 Å². The van der Waals surface area contributed by atoms with Gasteiger partial charge in [0.25, 0.3) is 0 Å². The van der Waals surface area contributed by atoms with Crippen LogP contribution in [0.1, 0.15) is 42.6 Å². The number of carbonyl (C=O) groups excluding carboxylic acids is 1. The number of methoxy groups -OCH3 is 1. The van der Waals surface area contributed by atoms with E-state index >= 15 is 0 Å². The number of hydrogen-bond acceptors (Lipinski definition) is 4. The fourth-order valence-corrected chi connectivity index (χ4v) is 4.52. The number of hydrogen-bond donors (Lipinski definition) is 0. The highest BCUT2D eigenvalue weighted by Gasteiger charge is 2.46. The first-order valence-corrected chi connectivity index (χ1v) is 9.88. The summed E-state index contributed by atoms with van der Waals surface area (Å²) in [5, 5.41) is 0. The topological polar surface area (TPSA) is 38.8 Å². The third kappa shape index (κ3) is 3.46. The Labute approximate surface area is 161 Å². The second-order valence-corrected chi connectivity index (χ2v) is 7.47. The SMILES string of the molecule is CCCN1C(Cc2ccccc2)C(=O)O[C@@H]2c3cc(OC)ccc3CC[C@H]21. The molecule has 0 bridgehead atoms. The molecular weight excluding hydrogens is 338 g/mol. The van der Waals surface area contributed by atoms with Gasteiger partial charge in [0, 0.05) is 5.56 Å². The smallest absolute Gasteiger partial charge is 0.324 e. The summed E-state index contributed by atoms with van der Waals surface area (Å²) >= 11 is 0. The number of esters is 1. The lowest BCUT2D eigenvalue weighted by Gasteiger charge is -2.47. The molecule has 2 aromatic rings. The fourth-order valence-electron chi connectivity index (χ4n) is 4.52. The molecule has 0 radical (unpaired) electrons. The van der Waals surface area contributed by atoms with Crippen molar-refractivity contribution in [3.05, 3.63) is 65.2 Å². The molecule has 1 unspecified atom stereocenters. The van der Waals surface area contributed by atoms with E-state index in [4.69, 9.17) is 9.47 Å². The summed E-state index contributed by atoms with van der Waals surface area (Å²) in [6.45, 7) is 3.08. The van der Waals surface area contributed by atoms with E-state index in [9.17, 15) is 4.79 Å². The van der Waals surface area contributed by atoms with Gasteiger partial charge in [-0.3, -0.25) is 9.69 Å². The van der Waals surface area contributed by atoms with Crippen LogP contribution in [0.3, 0.4) is 0 Å². The number of benzene rings is 2. The third-order valence-electron chi connectivity index (χ3n) is 5.81. The molecule has 2 aliphatic rings. The van der Waals surface area contributed by atoms with Crippen LogP contribution in [0.2, 0.25) is 0 Å². The molecule has 1 aliphatic heterocycles. The van der Waals surface area contributed by atoms with Crippen LogP contribution in [0, 0.1) is 0 Å². The van der Waals surface area contributed by atoms with Crippen molar-refractivity contribution in [2.75, 3.05) is 13.7 Å². The van der Waals surface area contributed by atoms with Gasteiger partial charge >= 0.3 is 5.97 Å². The minimum absolute atomic E-state index is 0.107. The van der Waals surface area contributed by atoms with Crippen LogP contribution >= 0.6 is 0 Å². The number of morpholine rings is 1. The van der Waals surface area contributed by atoms with Gasteiger partial charge in [-0.2, -0.15) is 0 Å². The van der Waals surface area contributed by atoms with Gasteiger partial charge in [0.05, 0.1) is 13.2 Å². The Bertz CT molecular complexity index is 805. The van der Waals surface area contributed by atoms with Gasteiger partial charge in [0.1, 0.15) is 17.9 Å². The van der Waals surface area contributed by atoms with Gasteiger partial charge in [-0.15, -0.1) is 0 Å². The standard InChI is InChI=1S/C23H27NO3/c1-3-13-24-20-12-10-17-9-11-18(26-2)15-19(17)22(20)27-23(25)21(24)14-16-7-5-4-6-8-16/h4-9,11,15,20-22H,3,10,12-14H2,1-2H3/t20-,21?,22-/m1/s1. The molecule has 4 heteroatoms. The summed E-state index contributed by atoms with van der Waals surface area (Å²) in [5.41, 5.74) is 3.55. The summed E-state index contributed by atoms with van der Waals surface area (Å²) in [7, 11) is 1.67. The summed E-state index contributed by atoms with van der Waals surface area (Å²) in [4.78, 5) is 15.4. The van der Waals surface area contributed by atoms with Gasteiger partial charge in [-0.1, -0.05) is 43.3 Å². The molecule has 2 aromatic carbocycles. The minimum Gasteiger partial charge on any atom is -0.497 e. The number of rotatable bonds is 5. The van der Waals surface area contributed by atoms with Crippen molar-refractivity contribution in [2.45, 2.75) is 50.8 Å². The molecule has 4 rings (SSSR count). The Balaban J connectivity index is 1.65. The zero-order valence-corrected chi connectivity index (χ0v) is 16.1. The van der Waals surface area contributed by atoms with Crippen molar-refractivity contribution < 1.29 is 14.3 Å². The van der Waals surface area contributed by atoms with Gasteiger partial charge in [0.15, 0.2) is 0 Å². The van der Waals surface area contributed by atoms with Crippen LogP contribution in [0.15, 0.2) is 48.5 Å². The van der Waals surface area contributed by atoms with E-state index < -0.39 is 0 Å². The largest absolute Gasteiger partial charge is 0.497 e. The number of nitrogens with zero attached hydrogens (tertiary/aromatic N) is 1. The molecule has 4 nitrogen and oxygen atoms in total. The Kier molecular flexibility index (Phi) is 5.17. The normalized spacial score (nSPS) is 24.7. The number of fused-ring (bicyclic) bond motifs is 3. The Morgan fingerprint density at radius 2 is 2.00 bits per heavy atom. The van der Waals surface area contributed by atoms with Crippen LogP contribution in [-0.2, 0) is 22.4 Å². The first kappa shape index (κ1) is 18.1. The van der Waals surface area contributed by atoms with Crippen molar-refractivity contribution in [1.29, 1.82) is 0 Å². The van der Waals surface area contributed by atoms with Crippen molar-refractivity contribution in [1.82, 2.24) is 4.90 Å². The quantitative estimate of drug-likeness (QED) is 0.753. The van der Waals surface area contributed by atoms with Crippen molar-refractivity contribution >= 4 is 5.97 Å². The van der Waals surface area contributed by atoms with Gasteiger partial charge < -0.3 is 9.47 Å². The van der Waals surface area contributed by atoms with Crippen molar-refractivity contribution in [3.63, 3.8) is 0 Å². The van der Waals surface area contributed by atoms with Crippen LogP contribution < -0.4 is 4.74 Å². The first-order chi connectivity index (χ1) is 13.2. The molecule has 0 spiro atoms. The summed E-state index contributed by atoms with van der Waals surface area (Å²) < 4.78 is 11.4. The van der Waals surface area contributed by atoms with E-state index in [2.05, 4.69) is 30.0 Å². The average molecular weight is 365 g/mol. The maximum atomic E-state index is 13.0. The molecule has 0 saturated carbocycles. The molecule has 142 valence electrons. The lowest BCUT2D eigenvalue weighted by molar-refractivity contribution is -0.176. The van der Waals surface area contributed by atoms with E-state index in [1.54, 1.807) is 7.11 Å². The van der Waals surface area contributed by atoms with Gasteiger partial charge in [0.2, 0.25) is 0 Å². The van der Waals surface area contributed by atoms with Gasteiger partial charge in [-0.25, -0.2) is 0 Å². The average Bonchev–Trinajstić information content (AvgIpc) is 2.71. The van der Waals surface area contributed by atoms with E-state index in [-0.39, 0.29) is 24.2 Å². The first-order valence-electron chi connectivity index (χ1n) is 9.88. The van der Waals surface area contributed by atoms with Gasteiger partial charge in [-0.05, 0) is 55.5 Å². The van der Waals surface area contributed by atoms with E-state index in [0.717, 1.165) is 37.1 Å². The third-order valence-corrected chi connectivity index (χ3v) is 5.81. The predicted octanol–water partition coefficient (Wildman–Crippen LogP) is 3.93. The molecular formula is C23H27NO3. The molecule has 1 aliphatic carbocycles. The predicted molar refractivity (Wildman–Crippen MR) is 105 cm³/mol. The minimum atomic E-state index is -0.208. The molecule has 27 heavy (non-hydrogen) atoms. The molecule has 1 heterocycles. The number of aryl methyl sites for hydroxylation is 1. The maximum absolute atomic E-state index is 13.0. The Morgan fingerprint density at radius 3 is 2.74 bits per heavy atom. The lowest BCUT2D eigenvalue weighted by Crippen LogP contribution is -2.58. The molecule has 0 N–H and O–H groups in total. The highest BCUT2D eigenvalue weighted by Crippen LogP contribution is 2.41. The lowest BCUT2D eigenvalue weighted by atomic mass is 9.82. The highest BCUT2D eigenvalue weighted by atomic mass is 16.6. The zero-order chi connectivity index (χ0) is 18.8. The van der Waals surface area contributed by atoms with E-state index in [0.29, 0.717) is 6.42 Å². The number of carbonyl (C=O) groups is 1. The van der Waals surface area contributed by atoms with Crippen LogP contribution in [0.4, 0.5) is 0 Å². The fraction of sp³-hybridized carbons (Fsp3) is 0.435. The molecule has 1 fully saturated rings. The molecule has 0 aromatic heterocycles. The zero-order valence-electron chi connectivity index (χ0n) is 16.1. The maximum Gasteiger partial charge on any atom is 0.324 e. The summed E-state index contributed by atoms with van der Waals surface area (Å²) in [6, 6.07) is 16.4. The number of ether oxygens (including phenoxy) is 2. The molecule has 3 atom stereocenters. The summed E-state index contributed by atoms with van der Waals surface area (Å²) in [6.07, 6.45) is 3.55. The Hall–Kier alpha value is -2.33. The molecule has 1 saturated heterocycles. The van der Waals surface area contributed by atoms with E-state index in [1.165, 1.54) is 11.1 Å². The summed E-state index contributed by atoms with van der Waals surface area (Å²) in [5.74, 6) is 0.711. The second kappa shape index (κ2) is 7.73. The van der Waals surface area contributed by atoms with Crippen LogP contribution in [-0.4, -0.2) is 36.6 Å². The van der Waals surface area contributed by atoms with E-state index in [1.807, 2.05) is 30.3 Å². The van der Waals surface area contributed by atoms with Crippen molar-refractivity contribution in [3.8, 4) is 5.75 Å². The second-order valence-electron chi connectivity index (χ2n) is 7.47. The van der Waals surface area contributed by atoms with Crippen LogP contribution in [0.5, 0.6) is 5.75 Å². The van der Waals surface area contributed by atoms with Crippen molar-refractivity contribution in [2.24, 2.45) is 0 Å². The monoisotopic (exact) mass is 365 g/mol. The Morgan fingerprint density at radius 1 is 1.19 bits per heavy atom. The molecule has 0 amide bonds.